The van der Waals surface area contributed by atoms with E-state index >= 15 is 0 Å². The molecule has 0 aliphatic carbocycles. The fourth-order valence-corrected chi connectivity index (χ4v) is 3.74. The van der Waals surface area contributed by atoms with E-state index < -0.39 is 11.9 Å². The maximum atomic E-state index is 13.4. The standard InChI is InChI=1S/C22H16N2O4/c1-12-8-9-16-15(10-12)20(25)18-19(14-6-4-3-5-7-14)24(22(26)21(18)27-16)17-11-13(2)28-23-17/h3-11,19H,1-2H3/t19-/m1/s1. The summed E-state index contributed by atoms with van der Waals surface area (Å²) in [6.07, 6.45) is 0. The number of amides is 1. The van der Waals surface area contributed by atoms with E-state index in [0.29, 0.717) is 28.1 Å². The number of fused-ring (bicyclic) bond motifs is 2. The first-order valence-electron chi connectivity index (χ1n) is 8.94. The van der Waals surface area contributed by atoms with Gasteiger partial charge in [-0.3, -0.25) is 14.5 Å². The molecular weight excluding hydrogens is 356 g/mol. The van der Waals surface area contributed by atoms with Gasteiger partial charge < -0.3 is 8.94 Å². The Labute approximate surface area is 160 Å². The molecule has 0 radical (unpaired) electrons. The largest absolute Gasteiger partial charge is 0.450 e. The lowest BCUT2D eigenvalue weighted by Crippen LogP contribution is -2.29. The van der Waals surface area contributed by atoms with Crippen LogP contribution in [0.25, 0.3) is 11.0 Å². The molecule has 3 heterocycles. The Balaban J connectivity index is 1.84. The van der Waals surface area contributed by atoms with Gasteiger partial charge in [0.2, 0.25) is 5.76 Å². The van der Waals surface area contributed by atoms with E-state index in [4.69, 9.17) is 8.94 Å². The summed E-state index contributed by atoms with van der Waals surface area (Å²) in [4.78, 5) is 28.1. The highest BCUT2D eigenvalue weighted by Crippen LogP contribution is 2.40. The van der Waals surface area contributed by atoms with Crippen molar-refractivity contribution in [1.29, 1.82) is 0 Å². The summed E-state index contributed by atoms with van der Waals surface area (Å²) in [5, 5.41) is 4.47. The first kappa shape index (κ1) is 16.5. The average Bonchev–Trinajstić information content (AvgIpc) is 3.24. The molecule has 138 valence electrons. The van der Waals surface area contributed by atoms with Gasteiger partial charge in [0.15, 0.2) is 11.2 Å². The summed E-state index contributed by atoms with van der Waals surface area (Å²) in [6.45, 7) is 3.67. The lowest BCUT2D eigenvalue weighted by Gasteiger charge is -2.22. The molecule has 0 fully saturated rings. The molecule has 4 aromatic rings. The zero-order valence-electron chi connectivity index (χ0n) is 15.3. The van der Waals surface area contributed by atoms with Gasteiger partial charge in [-0.2, -0.15) is 0 Å². The van der Waals surface area contributed by atoms with Crippen LogP contribution in [0, 0.1) is 13.8 Å². The van der Waals surface area contributed by atoms with E-state index in [-0.39, 0.29) is 11.2 Å². The molecule has 1 aliphatic rings. The van der Waals surface area contributed by atoms with Gasteiger partial charge in [0.25, 0.3) is 5.91 Å². The molecule has 0 saturated carbocycles. The Morgan fingerprint density at radius 2 is 1.79 bits per heavy atom. The molecule has 28 heavy (non-hydrogen) atoms. The van der Waals surface area contributed by atoms with E-state index in [1.165, 1.54) is 4.90 Å². The molecule has 2 aromatic carbocycles. The summed E-state index contributed by atoms with van der Waals surface area (Å²) in [6, 6.07) is 15.8. The Kier molecular flexibility index (Phi) is 3.49. The summed E-state index contributed by atoms with van der Waals surface area (Å²) in [7, 11) is 0. The van der Waals surface area contributed by atoms with Crippen molar-refractivity contribution in [3.8, 4) is 0 Å². The number of aryl methyl sites for hydroxylation is 2. The Hall–Kier alpha value is -3.67. The quantitative estimate of drug-likeness (QED) is 0.528. The third-order valence-corrected chi connectivity index (χ3v) is 5.00. The number of carbonyl (C=O) groups excluding carboxylic acids is 1. The predicted octanol–water partition coefficient (Wildman–Crippen LogP) is 4.15. The zero-order chi connectivity index (χ0) is 19.4. The fourth-order valence-electron chi connectivity index (χ4n) is 3.74. The van der Waals surface area contributed by atoms with Gasteiger partial charge in [-0.1, -0.05) is 47.1 Å². The van der Waals surface area contributed by atoms with Crippen molar-refractivity contribution in [2.24, 2.45) is 0 Å². The van der Waals surface area contributed by atoms with Crippen molar-refractivity contribution in [2.75, 3.05) is 4.90 Å². The van der Waals surface area contributed by atoms with Crippen molar-refractivity contribution in [3.05, 3.63) is 93.0 Å². The number of carbonyl (C=O) groups is 1. The molecule has 6 heteroatoms. The minimum atomic E-state index is -0.630. The average molecular weight is 372 g/mol. The van der Waals surface area contributed by atoms with Crippen LogP contribution in [0.5, 0.6) is 0 Å². The summed E-state index contributed by atoms with van der Waals surface area (Å²) in [5.74, 6) is 0.570. The molecule has 0 saturated heterocycles. The topological polar surface area (TPSA) is 76.6 Å². The molecule has 0 unspecified atom stereocenters. The first-order chi connectivity index (χ1) is 13.5. The van der Waals surface area contributed by atoms with E-state index in [9.17, 15) is 9.59 Å². The van der Waals surface area contributed by atoms with Crippen LogP contribution >= 0.6 is 0 Å². The van der Waals surface area contributed by atoms with Crippen LogP contribution in [0.15, 0.2) is 68.3 Å². The number of benzene rings is 2. The number of aromatic nitrogens is 1. The van der Waals surface area contributed by atoms with Crippen LogP contribution in [0.4, 0.5) is 5.82 Å². The van der Waals surface area contributed by atoms with Gasteiger partial charge in [0.05, 0.1) is 17.0 Å². The Morgan fingerprint density at radius 3 is 2.50 bits per heavy atom. The molecule has 1 amide bonds. The van der Waals surface area contributed by atoms with E-state index in [2.05, 4.69) is 5.16 Å². The number of rotatable bonds is 2. The van der Waals surface area contributed by atoms with E-state index in [1.807, 2.05) is 43.3 Å². The van der Waals surface area contributed by atoms with Crippen LogP contribution in [0.1, 0.15) is 39.0 Å². The van der Waals surface area contributed by atoms with E-state index in [1.54, 1.807) is 25.1 Å². The Morgan fingerprint density at radius 1 is 1.00 bits per heavy atom. The van der Waals surface area contributed by atoms with Gasteiger partial charge in [0.1, 0.15) is 11.3 Å². The zero-order valence-corrected chi connectivity index (χ0v) is 15.3. The molecule has 0 spiro atoms. The van der Waals surface area contributed by atoms with E-state index in [0.717, 1.165) is 11.1 Å². The minimum Gasteiger partial charge on any atom is -0.450 e. The fraction of sp³-hybridized carbons (Fsp3) is 0.136. The second-order valence-electron chi connectivity index (χ2n) is 6.96. The van der Waals surface area contributed by atoms with Gasteiger partial charge in [-0.05, 0) is 31.5 Å². The normalized spacial score (nSPS) is 16.0. The van der Waals surface area contributed by atoms with Crippen LogP contribution < -0.4 is 10.3 Å². The maximum absolute atomic E-state index is 13.4. The second kappa shape index (κ2) is 5.92. The van der Waals surface area contributed by atoms with Gasteiger partial charge >= 0.3 is 0 Å². The van der Waals surface area contributed by atoms with Crippen molar-refractivity contribution in [1.82, 2.24) is 5.16 Å². The molecule has 0 N–H and O–H groups in total. The summed E-state index contributed by atoms with van der Waals surface area (Å²) in [5.41, 5.74) is 2.27. The van der Waals surface area contributed by atoms with Gasteiger partial charge in [0, 0.05) is 6.07 Å². The second-order valence-corrected chi connectivity index (χ2v) is 6.96. The predicted molar refractivity (Wildman–Crippen MR) is 104 cm³/mol. The minimum absolute atomic E-state index is 0.0517. The van der Waals surface area contributed by atoms with Crippen molar-refractivity contribution >= 4 is 22.7 Å². The van der Waals surface area contributed by atoms with Gasteiger partial charge in [-0.25, -0.2) is 0 Å². The molecule has 0 bridgehead atoms. The molecule has 1 atom stereocenters. The third kappa shape index (κ3) is 2.31. The van der Waals surface area contributed by atoms with Gasteiger partial charge in [-0.15, -0.1) is 0 Å². The summed E-state index contributed by atoms with van der Waals surface area (Å²) >= 11 is 0. The summed E-state index contributed by atoms with van der Waals surface area (Å²) < 4.78 is 11.1. The highest BCUT2D eigenvalue weighted by Gasteiger charge is 2.44. The highest BCUT2D eigenvalue weighted by atomic mass is 16.5. The van der Waals surface area contributed by atoms with Crippen molar-refractivity contribution in [2.45, 2.75) is 19.9 Å². The monoisotopic (exact) mass is 372 g/mol. The molecular formula is C22H16N2O4. The van der Waals surface area contributed by atoms with Crippen molar-refractivity contribution < 1.29 is 13.7 Å². The van der Waals surface area contributed by atoms with Crippen LogP contribution in [0.3, 0.4) is 0 Å². The first-order valence-corrected chi connectivity index (χ1v) is 8.94. The van der Waals surface area contributed by atoms with Crippen LogP contribution in [-0.4, -0.2) is 11.1 Å². The molecule has 1 aliphatic heterocycles. The SMILES string of the molecule is Cc1ccc2oc3c(c(=O)c2c1)[C@@H](c1ccccc1)N(c1cc(C)on1)C3=O. The lowest BCUT2D eigenvalue weighted by molar-refractivity contribution is 0.0969. The molecule has 2 aromatic heterocycles. The maximum Gasteiger partial charge on any atom is 0.296 e. The number of anilines is 1. The van der Waals surface area contributed by atoms with Crippen molar-refractivity contribution in [3.63, 3.8) is 0 Å². The molecule has 5 rings (SSSR count). The third-order valence-electron chi connectivity index (χ3n) is 5.00. The Bertz CT molecular complexity index is 1290. The highest BCUT2D eigenvalue weighted by molar-refractivity contribution is 6.10. The smallest absolute Gasteiger partial charge is 0.296 e. The van der Waals surface area contributed by atoms with Crippen LogP contribution in [0.2, 0.25) is 0 Å². The number of hydrogen-bond donors (Lipinski definition) is 0. The van der Waals surface area contributed by atoms with Crippen LogP contribution in [-0.2, 0) is 0 Å². The molecule has 6 nitrogen and oxygen atoms in total. The lowest BCUT2D eigenvalue weighted by atomic mass is 9.98. The number of nitrogens with zero attached hydrogens (tertiary/aromatic N) is 2. The number of hydrogen-bond acceptors (Lipinski definition) is 5.